The van der Waals surface area contributed by atoms with E-state index < -0.39 is 0 Å². The van der Waals surface area contributed by atoms with E-state index in [0.29, 0.717) is 29.4 Å². The second-order valence-corrected chi connectivity index (χ2v) is 7.01. The second kappa shape index (κ2) is 8.41. The summed E-state index contributed by atoms with van der Waals surface area (Å²) in [4.78, 5) is 28.2. The van der Waals surface area contributed by atoms with Crippen LogP contribution in [-0.2, 0) is 22.7 Å². The summed E-state index contributed by atoms with van der Waals surface area (Å²) < 4.78 is 14.5. The molecule has 2 aromatic heterocycles. The Kier molecular flexibility index (Phi) is 6.00. The molecule has 0 N–H and O–H groups in total. The van der Waals surface area contributed by atoms with E-state index in [0.717, 1.165) is 43.3 Å². The fourth-order valence-electron chi connectivity index (χ4n) is 2.88. The number of esters is 1. The number of amides is 1. The third-order valence-corrected chi connectivity index (χ3v) is 5.05. The van der Waals surface area contributed by atoms with Crippen LogP contribution in [0.4, 0.5) is 0 Å². The zero-order valence-electron chi connectivity index (χ0n) is 14.9. The molecule has 1 aliphatic heterocycles. The van der Waals surface area contributed by atoms with Gasteiger partial charge in [0.1, 0.15) is 23.0 Å². The summed E-state index contributed by atoms with van der Waals surface area (Å²) in [5.41, 5.74) is 0.692. The van der Waals surface area contributed by atoms with Crippen molar-refractivity contribution < 1.29 is 18.7 Å². The predicted octanol–water partition coefficient (Wildman–Crippen LogP) is 1.85. The minimum Gasteiger partial charge on any atom is -0.461 e. The lowest BCUT2D eigenvalue weighted by Crippen LogP contribution is -2.35. The van der Waals surface area contributed by atoms with Gasteiger partial charge in [0.15, 0.2) is 0 Å². The van der Waals surface area contributed by atoms with E-state index in [9.17, 15) is 9.59 Å². The molecule has 0 atom stereocenters. The van der Waals surface area contributed by atoms with E-state index in [2.05, 4.69) is 14.5 Å². The zero-order chi connectivity index (χ0) is 18.5. The Morgan fingerprint density at radius 1 is 1.23 bits per heavy atom. The highest BCUT2D eigenvalue weighted by atomic mass is 32.1. The first-order valence-corrected chi connectivity index (χ1v) is 9.32. The summed E-state index contributed by atoms with van der Waals surface area (Å²) in [6, 6.07) is 3.73. The molecule has 0 spiro atoms. The Labute approximate surface area is 155 Å². The molecule has 26 heavy (non-hydrogen) atoms. The van der Waals surface area contributed by atoms with E-state index in [4.69, 9.17) is 9.15 Å². The minimum absolute atomic E-state index is 0.0148. The molecule has 140 valence electrons. The molecule has 2 aromatic rings. The van der Waals surface area contributed by atoms with Gasteiger partial charge in [0, 0.05) is 33.1 Å². The molecule has 1 fully saturated rings. The van der Waals surface area contributed by atoms with Crippen molar-refractivity contribution >= 4 is 23.4 Å². The van der Waals surface area contributed by atoms with Crippen LogP contribution in [-0.4, -0.2) is 57.4 Å². The van der Waals surface area contributed by atoms with Gasteiger partial charge in [-0.3, -0.25) is 14.5 Å². The molecule has 0 aromatic carbocycles. The smallest absolute Gasteiger partial charge is 0.303 e. The number of carbonyl (C=O) groups excluding carboxylic acids is 2. The lowest BCUT2D eigenvalue weighted by Gasteiger charge is -2.21. The first-order chi connectivity index (χ1) is 12.5. The highest BCUT2D eigenvalue weighted by Gasteiger charge is 2.23. The van der Waals surface area contributed by atoms with Gasteiger partial charge >= 0.3 is 5.97 Å². The summed E-state index contributed by atoms with van der Waals surface area (Å²) in [6.07, 6.45) is 0.901. The lowest BCUT2D eigenvalue weighted by atomic mass is 10.3. The average molecular weight is 378 g/mol. The Morgan fingerprint density at radius 2 is 2.04 bits per heavy atom. The van der Waals surface area contributed by atoms with Crippen LogP contribution in [0, 0.1) is 6.92 Å². The SMILES string of the molecule is CC(=O)OCc1ccc(CN2CCCN(C(=O)c3snnc3C)CC2)o1. The monoisotopic (exact) mass is 378 g/mol. The standard InChI is InChI=1S/C17H22N4O4S/c1-12-16(26-19-18-12)17(23)21-7-3-6-20(8-9-21)10-14-4-5-15(25-14)11-24-13(2)22/h4-5H,3,6-11H2,1-2H3. The number of nitrogens with zero attached hydrogens (tertiary/aromatic N) is 4. The maximum Gasteiger partial charge on any atom is 0.303 e. The quantitative estimate of drug-likeness (QED) is 0.734. The van der Waals surface area contributed by atoms with Crippen LogP contribution in [0.3, 0.4) is 0 Å². The van der Waals surface area contributed by atoms with Gasteiger partial charge in [0.25, 0.3) is 5.91 Å². The minimum atomic E-state index is -0.327. The first-order valence-electron chi connectivity index (χ1n) is 8.54. The highest BCUT2D eigenvalue weighted by Crippen LogP contribution is 2.17. The Morgan fingerprint density at radius 3 is 2.77 bits per heavy atom. The van der Waals surface area contributed by atoms with E-state index in [1.165, 1.54) is 6.92 Å². The van der Waals surface area contributed by atoms with Gasteiger partial charge in [-0.15, -0.1) is 5.10 Å². The van der Waals surface area contributed by atoms with E-state index in [1.54, 1.807) is 0 Å². The number of aromatic nitrogens is 2. The van der Waals surface area contributed by atoms with E-state index >= 15 is 0 Å². The predicted molar refractivity (Wildman–Crippen MR) is 94.6 cm³/mol. The largest absolute Gasteiger partial charge is 0.461 e. The zero-order valence-corrected chi connectivity index (χ0v) is 15.8. The fraction of sp³-hybridized carbons (Fsp3) is 0.529. The lowest BCUT2D eigenvalue weighted by molar-refractivity contribution is -0.142. The molecule has 0 bridgehead atoms. The number of carbonyl (C=O) groups is 2. The number of hydrogen-bond acceptors (Lipinski definition) is 8. The summed E-state index contributed by atoms with van der Waals surface area (Å²) in [5, 5.41) is 3.92. The van der Waals surface area contributed by atoms with E-state index in [1.807, 2.05) is 24.0 Å². The highest BCUT2D eigenvalue weighted by molar-refractivity contribution is 7.07. The number of aryl methyl sites for hydroxylation is 1. The van der Waals surface area contributed by atoms with Gasteiger partial charge in [-0.05, 0) is 37.0 Å². The molecule has 9 heteroatoms. The Balaban J connectivity index is 1.53. The van der Waals surface area contributed by atoms with Crippen LogP contribution >= 0.6 is 11.5 Å². The van der Waals surface area contributed by atoms with Crippen molar-refractivity contribution in [1.29, 1.82) is 0 Å². The van der Waals surface area contributed by atoms with Crippen molar-refractivity contribution in [2.24, 2.45) is 0 Å². The number of ether oxygens (including phenoxy) is 1. The van der Waals surface area contributed by atoms with Crippen molar-refractivity contribution in [2.75, 3.05) is 26.2 Å². The summed E-state index contributed by atoms with van der Waals surface area (Å²) in [6.45, 7) is 7.06. The maximum atomic E-state index is 12.6. The van der Waals surface area contributed by atoms with Crippen molar-refractivity contribution in [3.05, 3.63) is 34.2 Å². The molecule has 0 unspecified atom stereocenters. The molecule has 1 saturated heterocycles. The van der Waals surface area contributed by atoms with Crippen molar-refractivity contribution in [2.45, 2.75) is 33.4 Å². The normalized spacial score (nSPS) is 15.7. The first kappa shape index (κ1) is 18.5. The number of rotatable bonds is 5. The Bertz CT molecular complexity index is 772. The second-order valence-electron chi connectivity index (χ2n) is 6.26. The van der Waals surface area contributed by atoms with Crippen molar-refractivity contribution in [3.63, 3.8) is 0 Å². The summed E-state index contributed by atoms with van der Waals surface area (Å²) in [7, 11) is 0. The number of furan rings is 1. The third kappa shape index (κ3) is 4.67. The topological polar surface area (TPSA) is 88.8 Å². The van der Waals surface area contributed by atoms with Crippen molar-refractivity contribution in [1.82, 2.24) is 19.4 Å². The molecule has 3 rings (SSSR count). The van der Waals surface area contributed by atoms with Crippen molar-refractivity contribution in [3.8, 4) is 0 Å². The van der Waals surface area contributed by atoms with Gasteiger partial charge in [-0.25, -0.2) is 0 Å². The molecule has 0 saturated carbocycles. The average Bonchev–Trinajstić information content (AvgIpc) is 3.16. The number of hydrogen-bond donors (Lipinski definition) is 0. The van der Waals surface area contributed by atoms with Gasteiger partial charge < -0.3 is 14.1 Å². The molecule has 0 radical (unpaired) electrons. The van der Waals surface area contributed by atoms with Crippen LogP contribution in [0.2, 0.25) is 0 Å². The maximum absolute atomic E-state index is 12.6. The van der Waals surface area contributed by atoms with Gasteiger partial charge in [-0.1, -0.05) is 4.49 Å². The van der Waals surface area contributed by atoms with Gasteiger partial charge in [0.05, 0.1) is 12.2 Å². The van der Waals surface area contributed by atoms with Crippen LogP contribution in [0.1, 0.15) is 40.2 Å². The molecule has 0 aliphatic carbocycles. The van der Waals surface area contributed by atoms with Gasteiger partial charge in [0.2, 0.25) is 0 Å². The Hall–Kier alpha value is -2.26. The molecule has 1 aliphatic rings. The van der Waals surface area contributed by atoms with Gasteiger partial charge in [-0.2, -0.15) is 0 Å². The summed E-state index contributed by atoms with van der Waals surface area (Å²) >= 11 is 1.15. The van der Waals surface area contributed by atoms with Crippen LogP contribution in [0.5, 0.6) is 0 Å². The molecule has 8 nitrogen and oxygen atoms in total. The van der Waals surface area contributed by atoms with Crippen LogP contribution in [0.15, 0.2) is 16.5 Å². The van der Waals surface area contributed by atoms with Crippen LogP contribution < -0.4 is 0 Å². The molecular formula is C17H22N4O4S. The molecule has 1 amide bonds. The van der Waals surface area contributed by atoms with E-state index in [-0.39, 0.29) is 18.5 Å². The van der Waals surface area contributed by atoms with Crippen LogP contribution in [0.25, 0.3) is 0 Å². The summed E-state index contributed by atoms with van der Waals surface area (Å²) in [5.74, 6) is 1.15. The fourth-order valence-corrected chi connectivity index (χ4v) is 3.51. The molecule has 3 heterocycles. The third-order valence-electron chi connectivity index (χ3n) is 4.24. The molecular weight excluding hydrogens is 356 g/mol.